The molecule has 3 aromatic rings. The van der Waals surface area contributed by atoms with Crippen LogP contribution in [-0.2, 0) is 6.54 Å². The van der Waals surface area contributed by atoms with Gasteiger partial charge in [0.2, 0.25) is 5.82 Å². The maximum Gasteiger partial charge on any atom is 0.280 e. The smallest absolute Gasteiger partial charge is 0.280 e. The van der Waals surface area contributed by atoms with Crippen LogP contribution < -0.4 is 5.73 Å². The van der Waals surface area contributed by atoms with E-state index in [1.807, 2.05) is 17.5 Å². The average molecular weight is 262 g/mol. The third-order valence-electron chi connectivity index (χ3n) is 2.28. The summed E-state index contributed by atoms with van der Waals surface area (Å²) in [4.78, 5) is 5.24. The van der Waals surface area contributed by atoms with Gasteiger partial charge in [0, 0.05) is 6.54 Å². The molecule has 0 fully saturated rings. The molecule has 0 saturated heterocycles. The minimum Gasteiger partial charge on any atom is -0.332 e. The molecule has 8 heteroatoms. The minimum absolute atomic E-state index is 0.363. The van der Waals surface area contributed by atoms with Crippen LogP contribution >= 0.6 is 11.3 Å². The lowest BCUT2D eigenvalue weighted by atomic mass is 10.4. The number of nitrogens with zero attached hydrogens (tertiary/aromatic N) is 5. The number of aromatic nitrogens is 5. The van der Waals surface area contributed by atoms with Gasteiger partial charge in [-0.05, 0) is 11.4 Å². The summed E-state index contributed by atoms with van der Waals surface area (Å²) < 4.78 is 6.81. The first-order valence-corrected chi connectivity index (χ1v) is 6.23. The molecule has 0 aliphatic heterocycles. The summed E-state index contributed by atoms with van der Waals surface area (Å²) in [5, 5.41) is 13.8. The molecule has 7 nitrogen and oxygen atoms in total. The number of hydrogen-bond donors (Lipinski definition) is 1. The average Bonchev–Trinajstić information content (AvgIpc) is 3.10. The van der Waals surface area contributed by atoms with Gasteiger partial charge >= 0.3 is 0 Å². The van der Waals surface area contributed by atoms with Crippen molar-refractivity contribution in [3.8, 4) is 22.3 Å². The predicted molar refractivity (Wildman–Crippen MR) is 65.7 cm³/mol. The summed E-state index contributed by atoms with van der Waals surface area (Å²) in [7, 11) is 0. The van der Waals surface area contributed by atoms with Crippen LogP contribution in [0.4, 0.5) is 0 Å². The first kappa shape index (κ1) is 11.1. The lowest BCUT2D eigenvalue weighted by Gasteiger charge is -1.91. The second kappa shape index (κ2) is 4.67. The largest absolute Gasteiger partial charge is 0.332 e. The fourth-order valence-electron chi connectivity index (χ4n) is 1.47. The summed E-state index contributed by atoms with van der Waals surface area (Å²) in [5.41, 5.74) is 5.99. The molecule has 3 rings (SSSR count). The van der Waals surface area contributed by atoms with Gasteiger partial charge in [0.25, 0.3) is 5.89 Å². The van der Waals surface area contributed by atoms with E-state index in [4.69, 9.17) is 10.3 Å². The lowest BCUT2D eigenvalue weighted by molar-refractivity contribution is 0.431. The summed E-state index contributed by atoms with van der Waals surface area (Å²) in [6, 6.07) is 3.87. The molecule has 0 aliphatic carbocycles. The topological polar surface area (TPSA) is 95.7 Å². The van der Waals surface area contributed by atoms with Gasteiger partial charge in [-0.1, -0.05) is 16.4 Å². The van der Waals surface area contributed by atoms with E-state index < -0.39 is 0 Å². The molecular formula is C10H10N6OS. The monoisotopic (exact) mass is 262 g/mol. The Morgan fingerprint density at radius 2 is 2.39 bits per heavy atom. The molecule has 0 unspecified atom stereocenters. The molecule has 0 aliphatic rings. The van der Waals surface area contributed by atoms with E-state index in [1.54, 1.807) is 22.2 Å². The summed E-state index contributed by atoms with van der Waals surface area (Å²) >= 11 is 1.56. The van der Waals surface area contributed by atoms with Gasteiger partial charge in [-0.15, -0.1) is 16.4 Å². The van der Waals surface area contributed by atoms with Crippen LogP contribution in [0, 0.1) is 0 Å². The third kappa shape index (κ3) is 2.03. The molecule has 3 aromatic heterocycles. The van der Waals surface area contributed by atoms with Crippen molar-refractivity contribution in [1.29, 1.82) is 0 Å². The zero-order valence-corrected chi connectivity index (χ0v) is 10.2. The Hall–Kier alpha value is -2.06. The van der Waals surface area contributed by atoms with Gasteiger partial charge in [0.15, 0.2) is 5.69 Å². The van der Waals surface area contributed by atoms with Crippen molar-refractivity contribution in [2.75, 3.05) is 6.54 Å². The first-order valence-electron chi connectivity index (χ1n) is 5.35. The van der Waals surface area contributed by atoms with Crippen molar-refractivity contribution in [3.05, 3.63) is 23.7 Å². The zero-order chi connectivity index (χ0) is 12.4. The first-order chi connectivity index (χ1) is 8.86. The molecular weight excluding hydrogens is 252 g/mol. The highest BCUT2D eigenvalue weighted by molar-refractivity contribution is 7.13. The number of hydrogen-bond acceptors (Lipinski definition) is 7. The van der Waals surface area contributed by atoms with Crippen molar-refractivity contribution in [2.24, 2.45) is 5.73 Å². The molecule has 0 aromatic carbocycles. The molecule has 92 valence electrons. The third-order valence-corrected chi connectivity index (χ3v) is 3.15. The number of rotatable bonds is 4. The van der Waals surface area contributed by atoms with Crippen molar-refractivity contribution < 1.29 is 4.52 Å². The van der Waals surface area contributed by atoms with Gasteiger partial charge < -0.3 is 10.3 Å². The van der Waals surface area contributed by atoms with Gasteiger partial charge in [-0.2, -0.15) is 4.98 Å². The second-order valence-electron chi connectivity index (χ2n) is 3.56. The Balaban J connectivity index is 1.88. The van der Waals surface area contributed by atoms with Crippen molar-refractivity contribution in [1.82, 2.24) is 25.1 Å². The number of thiophene rings is 1. The summed E-state index contributed by atoms with van der Waals surface area (Å²) in [5.74, 6) is 0.926. The number of nitrogens with two attached hydrogens (primary N) is 1. The SMILES string of the molecule is NCCn1cc(-c2nc(-c3cccs3)no2)nn1. The quantitative estimate of drug-likeness (QED) is 0.754. The van der Waals surface area contributed by atoms with E-state index in [-0.39, 0.29) is 0 Å². The Kier molecular flexibility index (Phi) is 2.87. The molecule has 2 N–H and O–H groups in total. The molecule has 0 radical (unpaired) electrons. The maximum absolute atomic E-state index is 5.44. The second-order valence-corrected chi connectivity index (χ2v) is 4.50. The van der Waals surface area contributed by atoms with Crippen molar-refractivity contribution in [3.63, 3.8) is 0 Å². The Labute approximate surface area is 106 Å². The molecule has 0 bridgehead atoms. The fraction of sp³-hybridized carbons (Fsp3) is 0.200. The lowest BCUT2D eigenvalue weighted by Crippen LogP contribution is -2.10. The van der Waals surface area contributed by atoms with Crippen LogP contribution in [0.25, 0.3) is 22.3 Å². The van der Waals surface area contributed by atoms with Crippen LogP contribution in [-0.4, -0.2) is 31.7 Å². The Morgan fingerprint density at radius 1 is 1.44 bits per heavy atom. The van der Waals surface area contributed by atoms with Gasteiger partial charge in [-0.3, -0.25) is 4.68 Å². The van der Waals surface area contributed by atoms with Crippen LogP contribution in [0.3, 0.4) is 0 Å². The van der Waals surface area contributed by atoms with E-state index in [1.165, 1.54) is 0 Å². The minimum atomic E-state index is 0.363. The fourth-order valence-corrected chi connectivity index (χ4v) is 2.12. The van der Waals surface area contributed by atoms with E-state index in [2.05, 4.69) is 20.5 Å². The molecule has 3 heterocycles. The van der Waals surface area contributed by atoms with Crippen LogP contribution in [0.1, 0.15) is 0 Å². The highest BCUT2D eigenvalue weighted by Gasteiger charge is 2.14. The van der Waals surface area contributed by atoms with Gasteiger partial charge in [0.05, 0.1) is 17.6 Å². The van der Waals surface area contributed by atoms with E-state index >= 15 is 0 Å². The molecule has 0 atom stereocenters. The molecule has 18 heavy (non-hydrogen) atoms. The zero-order valence-electron chi connectivity index (χ0n) is 9.35. The van der Waals surface area contributed by atoms with E-state index in [0.717, 1.165) is 4.88 Å². The maximum atomic E-state index is 5.44. The Bertz CT molecular complexity index is 628. The van der Waals surface area contributed by atoms with E-state index in [0.29, 0.717) is 30.5 Å². The van der Waals surface area contributed by atoms with Crippen LogP contribution in [0.15, 0.2) is 28.2 Å². The van der Waals surface area contributed by atoms with Gasteiger partial charge in [-0.25, -0.2) is 0 Å². The van der Waals surface area contributed by atoms with Crippen LogP contribution in [0.5, 0.6) is 0 Å². The van der Waals surface area contributed by atoms with E-state index in [9.17, 15) is 0 Å². The molecule has 0 spiro atoms. The van der Waals surface area contributed by atoms with Crippen LogP contribution in [0.2, 0.25) is 0 Å². The normalized spacial score (nSPS) is 10.9. The highest BCUT2D eigenvalue weighted by atomic mass is 32.1. The standard InChI is InChI=1S/C10H10N6OS/c11-3-4-16-6-7(13-15-16)10-12-9(14-17-10)8-2-1-5-18-8/h1-2,5-6H,3-4,11H2. The summed E-state index contributed by atoms with van der Waals surface area (Å²) in [6.45, 7) is 1.12. The Morgan fingerprint density at radius 3 is 3.17 bits per heavy atom. The van der Waals surface area contributed by atoms with Crippen molar-refractivity contribution >= 4 is 11.3 Å². The molecule has 0 saturated carbocycles. The summed E-state index contributed by atoms with van der Waals surface area (Å²) in [6.07, 6.45) is 1.73. The van der Waals surface area contributed by atoms with Crippen molar-refractivity contribution in [2.45, 2.75) is 6.54 Å². The van der Waals surface area contributed by atoms with Gasteiger partial charge in [0.1, 0.15) is 0 Å². The highest BCUT2D eigenvalue weighted by Crippen LogP contribution is 2.24. The predicted octanol–water partition coefficient (Wildman–Crippen LogP) is 1.02. The molecule has 0 amide bonds.